The summed E-state index contributed by atoms with van der Waals surface area (Å²) in [6.07, 6.45) is -0.0259. The summed E-state index contributed by atoms with van der Waals surface area (Å²) in [6, 6.07) is 9.79. The zero-order valence-electron chi connectivity index (χ0n) is 9.94. The maximum Gasteiger partial charge on any atom is 0.129 e. The lowest BCUT2D eigenvalue weighted by Gasteiger charge is -2.16. The van der Waals surface area contributed by atoms with E-state index >= 15 is 0 Å². The molecule has 0 N–H and O–H groups in total. The average Bonchev–Trinajstić information content (AvgIpc) is 2.75. The minimum absolute atomic E-state index is 0.504. The fourth-order valence-corrected chi connectivity index (χ4v) is 2.66. The molecular weight excluding hydrogens is 251 g/mol. The number of nitrogens with zero attached hydrogens (tertiary/aromatic N) is 2. The molecule has 2 aromatic rings. The van der Waals surface area contributed by atoms with Crippen molar-refractivity contribution in [3.63, 3.8) is 0 Å². The van der Waals surface area contributed by atoms with Gasteiger partial charge >= 0.3 is 0 Å². The van der Waals surface area contributed by atoms with Crippen LogP contribution < -0.4 is 0 Å². The van der Waals surface area contributed by atoms with Crippen molar-refractivity contribution in [1.29, 1.82) is 0 Å². The number of benzene rings is 1. The third-order valence-electron chi connectivity index (χ3n) is 3.40. The first-order chi connectivity index (χ1) is 8.72. The minimum atomic E-state index is -0.674. The molecule has 18 heavy (non-hydrogen) atoms. The monoisotopic (exact) mass is 264 g/mol. The Balaban J connectivity index is 1.92. The quantitative estimate of drug-likeness (QED) is 0.773. The van der Waals surface area contributed by atoms with Crippen LogP contribution >= 0.6 is 11.6 Å². The third kappa shape index (κ3) is 2.33. The van der Waals surface area contributed by atoms with Crippen LogP contribution in [0.5, 0.6) is 0 Å². The van der Waals surface area contributed by atoms with Crippen molar-refractivity contribution in [2.45, 2.75) is 19.1 Å². The van der Waals surface area contributed by atoms with Gasteiger partial charge in [0.1, 0.15) is 11.3 Å². The first-order valence-electron chi connectivity index (χ1n) is 6.13. The van der Waals surface area contributed by atoms with Gasteiger partial charge in [-0.3, -0.25) is 4.90 Å². The first kappa shape index (κ1) is 11.9. The molecule has 1 aromatic heterocycles. The van der Waals surface area contributed by atoms with Gasteiger partial charge in [-0.25, -0.2) is 9.37 Å². The molecule has 2 heterocycles. The number of fused-ring (bicyclic) bond motifs is 1. The van der Waals surface area contributed by atoms with Crippen molar-refractivity contribution >= 4 is 22.5 Å². The lowest BCUT2D eigenvalue weighted by Crippen LogP contribution is -2.20. The van der Waals surface area contributed by atoms with E-state index < -0.39 is 6.17 Å². The summed E-state index contributed by atoms with van der Waals surface area (Å²) < 4.78 is 13.2. The van der Waals surface area contributed by atoms with Gasteiger partial charge in [0.15, 0.2) is 0 Å². The number of likely N-dealkylation sites (tertiary alicyclic amines) is 1. The van der Waals surface area contributed by atoms with Gasteiger partial charge in [0.2, 0.25) is 0 Å². The van der Waals surface area contributed by atoms with Crippen LogP contribution in [0.4, 0.5) is 4.39 Å². The van der Waals surface area contributed by atoms with Crippen molar-refractivity contribution in [2.75, 3.05) is 13.1 Å². The maximum absolute atomic E-state index is 13.2. The molecule has 0 radical (unpaired) electrons. The third-order valence-corrected chi connectivity index (χ3v) is 3.61. The molecule has 0 amide bonds. The van der Waals surface area contributed by atoms with E-state index in [0.717, 1.165) is 24.0 Å². The molecule has 0 bridgehead atoms. The molecular formula is C14H14ClFN2. The number of alkyl halides is 1. The van der Waals surface area contributed by atoms with E-state index in [2.05, 4.69) is 16.0 Å². The molecule has 1 saturated heterocycles. The Labute approximate surface area is 110 Å². The average molecular weight is 265 g/mol. The molecule has 1 aliphatic rings. The molecule has 0 saturated carbocycles. The summed E-state index contributed by atoms with van der Waals surface area (Å²) in [6.45, 7) is 2.15. The second-order valence-corrected chi connectivity index (χ2v) is 5.13. The highest BCUT2D eigenvalue weighted by atomic mass is 35.5. The zero-order valence-corrected chi connectivity index (χ0v) is 10.7. The fraction of sp³-hybridized carbons (Fsp3) is 0.357. The van der Waals surface area contributed by atoms with E-state index in [1.165, 1.54) is 5.56 Å². The molecule has 1 aromatic carbocycles. The molecule has 0 aliphatic carbocycles. The zero-order chi connectivity index (χ0) is 12.5. The van der Waals surface area contributed by atoms with Gasteiger partial charge in [0.25, 0.3) is 0 Å². The van der Waals surface area contributed by atoms with Gasteiger partial charge in [-0.15, -0.1) is 0 Å². The summed E-state index contributed by atoms with van der Waals surface area (Å²) in [5.41, 5.74) is 2.08. The number of pyridine rings is 1. The van der Waals surface area contributed by atoms with Gasteiger partial charge < -0.3 is 0 Å². The molecule has 1 unspecified atom stereocenters. The molecule has 3 rings (SSSR count). The van der Waals surface area contributed by atoms with Gasteiger partial charge in [-0.2, -0.15) is 0 Å². The van der Waals surface area contributed by atoms with Crippen molar-refractivity contribution in [1.82, 2.24) is 9.88 Å². The number of aromatic nitrogens is 1. The van der Waals surface area contributed by atoms with Crippen molar-refractivity contribution in [3.05, 3.63) is 41.0 Å². The SMILES string of the molecule is FC1CCN(Cc2cccc3nc(Cl)ccc23)C1. The largest absolute Gasteiger partial charge is 0.296 e. The van der Waals surface area contributed by atoms with Crippen LogP contribution in [-0.2, 0) is 6.54 Å². The van der Waals surface area contributed by atoms with Gasteiger partial charge in [-0.05, 0) is 30.2 Å². The van der Waals surface area contributed by atoms with Gasteiger partial charge in [-0.1, -0.05) is 23.7 Å². The van der Waals surface area contributed by atoms with Crippen molar-refractivity contribution in [3.8, 4) is 0 Å². The predicted molar refractivity (Wildman–Crippen MR) is 71.5 cm³/mol. The van der Waals surface area contributed by atoms with Crippen LogP contribution in [0.1, 0.15) is 12.0 Å². The Morgan fingerprint density at radius 3 is 3.00 bits per heavy atom. The standard InChI is InChI=1S/C14H14ClFN2/c15-14-5-4-12-10(2-1-3-13(12)17-14)8-18-7-6-11(16)9-18/h1-5,11H,6-9H2. The van der Waals surface area contributed by atoms with Crippen molar-refractivity contribution < 1.29 is 4.39 Å². The summed E-state index contributed by atoms with van der Waals surface area (Å²) in [5, 5.41) is 1.61. The number of hydrogen-bond donors (Lipinski definition) is 0. The van der Waals surface area contributed by atoms with E-state index in [1.807, 2.05) is 18.2 Å². The highest BCUT2D eigenvalue weighted by molar-refractivity contribution is 6.29. The fourth-order valence-electron chi connectivity index (χ4n) is 2.50. The van der Waals surface area contributed by atoms with Crippen molar-refractivity contribution in [2.24, 2.45) is 0 Å². The van der Waals surface area contributed by atoms with Crippen LogP contribution in [0.25, 0.3) is 10.9 Å². The van der Waals surface area contributed by atoms with Crippen LogP contribution in [0.15, 0.2) is 30.3 Å². The Kier molecular flexibility index (Phi) is 3.18. The molecule has 1 atom stereocenters. The normalized spacial score (nSPS) is 20.7. The topological polar surface area (TPSA) is 16.1 Å². The van der Waals surface area contributed by atoms with E-state index in [1.54, 1.807) is 6.07 Å². The molecule has 4 heteroatoms. The van der Waals surface area contributed by atoms with E-state index in [9.17, 15) is 4.39 Å². The van der Waals surface area contributed by atoms with Crippen LogP contribution in [0.3, 0.4) is 0 Å². The summed E-state index contributed by atoms with van der Waals surface area (Å²) in [4.78, 5) is 6.45. The molecule has 1 aliphatic heterocycles. The number of halogens is 2. The molecule has 0 spiro atoms. The van der Waals surface area contributed by atoms with E-state index in [4.69, 9.17) is 11.6 Å². The lowest BCUT2D eigenvalue weighted by molar-refractivity contribution is 0.283. The highest BCUT2D eigenvalue weighted by Gasteiger charge is 2.21. The Morgan fingerprint density at radius 2 is 2.22 bits per heavy atom. The summed E-state index contributed by atoms with van der Waals surface area (Å²) in [7, 11) is 0. The maximum atomic E-state index is 13.2. The van der Waals surface area contributed by atoms with E-state index in [-0.39, 0.29) is 0 Å². The van der Waals surface area contributed by atoms with Gasteiger partial charge in [0, 0.05) is 25.0 Å². The Morgan fingerprint density at radius 1 is 1.33 bits per heavy atom. The highest BCUT2D eigenvalue weighted by Crippen LogP contribution is 2.23. The number of rotatable bonds is 2. The lowest BCUT2D eigenvalue weighted by atomic mass is 10.1. The Bertz CT molecular complexity index is 573. The summed E-state index contributed by atoms with van der Waals surface area (Å²) in [5.74, 6) is 0. The molecule has 1 fully saturated rings. The minimum Gasteiger partial charge on any atom is -0.296 e. The smallest absolute Gasteiger partial charge is 0.129 e. The van der Waals surface area contributed by atoms with Crippen LogP contribution in [0, 0.1) is 0 Å². The van der Waals surface area contributed by atoms with E-state index in [0.29, 0.717) is 18.1 Å². The second kappa shape index (κ2) is 4.82. The predicted octanol–water partition coefficient (Wildman–Crippen LogP) is 3.43. The Hall–Kier alpha value is -1.19. The van der Waals surface area contributed by atoms with Crippen LogP contribution in [-0.4, -0.2) is 29.1 Å². The number of hydrogen-bond acceptors (Lipinski definition) is 2. The summed E-state index contributed by atoms with van der Waals surface area (Å²) >= 11 is 5.89. The van der Waals surface area contributed by atoms with Crippen LogP contribution in [0.2, 0.25) is 5.15 Å². The molecule has 94 valence electrons. The first-order valence-corrected chi connectivity index (χ1v) is 6.51. The second-order valence-electron chi connectivity index (χ2n) is 4.74. The van der Waals surface area contributed by atoms with Gasteiger partial charge in [0.05, 0.1) is 5.52 Å². The molecule has 2 nitrogen and oxygen atoms in total.